The Bertz CT molecular complexity index is 341. The first kappa shape index (κ1) is 11.6. The first-order chi connectivity index (χ1) is 7.66. The zero-order chi connectivity index (χ0) is 11.5. The minimum Gasteiger partial charge on any atom is -0.310 e. The molecule has 4 nitrogen and oxygen atoms in total. The van der Waals surface area contributed by atoms with E-state index in [1.165, 1.54) is 18.5 Å². The van der Waals surface area contributed by atoms with Crippen molar-refractivity contribution in [2.24, 2.45) is 7.05 Å². The van der Waals surface area contributed by atoms with Crippen LogP contribution in [0, 0.1) is 6.92 Å². The van der Waals surface area contributed by atoms with Crippen LogP contribution in [0.4, 0.5) is 0 Å². The SMILES string of the molecule is Cc1cc(CNCCN(C)C2CC2)n(C)n1. The molecule has 0 atom stereocenters. The van der Waals surface area contributed by atoms with Crippen molar-refractivity contribution in [3.8, 4) is 0 Å². The molecule has 1 N–H and O–H groups in total. The van der Waals surface area contributed by atoms with Crippen LogP contribution in [0.15, 0.2) is 6.07 Å². The lowest BCUT2D eigenvalue weighted by Crippen LogP contribution is -2.30. The van der Waals surface area contributed by atoms with Gasteiger partial charge in [0.25, 0.3) is 0 Å². The van der Waals surface area contributed by atoms with Gasteiger partial charge in [-0.2, -0.15) is 5.10 Å². The van der Waals surface area contributed by atoms with Crippen molar-refractivity contribution in [2.45, 2.75) is 32.4 Å². The van der Waals surface area contributed by atoms with Crippen molar-refractivity contribution in [1.29, 1.82) is 0 Å². The van der Waals surface area contributed by atoms with Gasteiger partial charge >= 0.3 is 0 Å². The molecular weight excluding hydrogens is 200 g/mol. The molecule has 1 aromatic heterocycles. The van der Waals surface area contributed by atoms with Gasteiger partial charge in [0.05, 0.1) is 11.4 Å². The maximum absolute atomic E-state index is 4.33. The number of rotatable bonds is 6. The minimum atomic E-state index is 0.862. The van der Waals surface area contributed by atoms with Crippen LogP contribution in [0.2, 0.25) is 0 Å². The molecule has 0 unspecified atom stereocenters. The van der Waals surface area contributed by atoms with E-state index in [1.807, 2.05) is 18.7 Å². The van der Waals surface area contributed by atoms with E-state index in [0.29, 0.717) is 0 Å². The fourth-order valence-electron chi connectivity index (χ4n) is 2.00. The molecule has 16 heavy (non-hydrogen) atoms. The number of hydrogen-bond acceptors (Lipinski definition) is 3. The quantitative estimate of drug-likeness (QED) is 0.726. The van der Waals surface area contributed by atoms with Crippen LogP contribution >= 0.6 is 0 Å². The van der Waals surface area contributed by atoms with E-state index in [-0.39, 0.29) is 0 Å². The predicted molar refractivity (Wildman–Crippen MR) is 65.3 cm³/mol. The predicted octanol–water partition coefficient (Wildman–Crippen LogP) is 0.912. The highest BCUT2D eigenvalue weighted by atomic mass is 15.3. The van der Waals surface area contributed by atoms with Crippen molar-refractivity contribution in [3.63, 3.8) is 0 Å². The van der Waals surface area contributed by atoms with Gasteiger partial charge in [-0.25, -0.2) is 0 Å². The largest absolute Gasteiger partial charge is 0.310 e. The highest BCUT2D eigenvalue weighted by Crippen LogP contribution is 2.24. The Morgan fingerprint density at radius 1 is 1.56 bits per heavy atom. The second kappa shape index (κ2) is 4.97. The number of aromatic nitrogens is 2. The highest BCUT2D eigenvalue weighted by molar-refractivity contribution is 5.08. The second-order valence-electron chi connectivity index (χ2n) is 4.79. The standard InChI is InChI=1S/C12H22N4/c1-10-8-12(16(3)14-10)9-13-6-7-15(2)11-4-5-11/h8,11,13H,4-7,9H2,1-3H3. The third kappa shape index (κ3) is 3.06. The van der Waals surface area contributed by atoms with Crippen LogP contribution < -0.4 is 5.32 Å². The molecule has 0 radical (unpaired) electrons. The van der Waals surface area contributed by atoms with Gasteiger partial charge in [-0.1, -0.05) is 0 Å². The summed E-state index contributed by atoms with van der Waals surface area (Å²) < 4.78 is 1.95. The van der Waals surface area contributed by atoms with E-state index in [4.69, 9.17) is 0 Å². The number of aryl methyl sites for hydroxylation is 2. The van der Waals surface area contributed by atoms with Crippen molar-refractivity contribution in [2.75, 3.05) is 20.1 Å². The van der Waals surface area contributed by atoms with Crippen molar-refractivity contribution >= 4 is 0 Å². The van der Waals surface area contributed by atoms with E-state index in [2.05, 4.69) is 28.4 Å². The molecule has 4 heteroatoms. The Morgan fingerprint density at radius 3 is 2.88 bits per heavy atom. The second-order valence-corrected chi connectivity index (χ2v) is 4.79. The monoisotopic (exact) mass is 222 g/mol. The molecular formula is C12H22N4. The average molecular weight is 222 g/mol. The normalized spacial score (nSPS) is 16.0. The summed E-state index contributed by atoms with van der Waals surface area (Å²) in [5, 5.41) is 7.80. The van der Waals surface area contributed by atoms with Crippen molar-refractivity contribution < 1.29 is 0 Å². The molecule has 2 rings (SSSR count). The molecule has 0 bridgehead atoms. The third-order valence-electron chi connectivity index (χ3n) is 3.22. The molecule has 0 aliphatic heterocycles. The lowest BCUT2D eigenvalue weighted by Gasteiger charge is -2.15. The summed E-state index contributed by atoms with van der Waals surface area (Å²) in [4.78, 5) is 2.45. The van der Waals surface area contributed by atoms with Gasteiger partial charge in [0.1, 0.15) is 0 Å². The summed E-state index contributed by atoms with van der Waals surface area (Å²) in [7, 11) is 4.22. The van der Waals surface area contributed by atoms with Crippen LogP contribution in [-0.2, 0) is 13.6 Å². The lowest BCUT2D eigenvalue weighted by atomic mass is 10.3. The minimum absolute atomic E-state index is 0.862. The van der Waals surface area contributed by atoms with Crippen molar-refractivity contribution in [3.05, 3.63) is 17.5 Å². The summed E-state index contributed by atoms with van der Waals surface area (Å²) in [5.41, 5.74) is 2.35. The molecule has 90 valence electrons. The summed E-state index contributed by atoms with van der Waals surface area (Å²) in [6.45, 7) is 5.14. The van der Waals surface area contributed by atoms with E-state index in [9.17, 15) is 0 Å². The highest BCUT2D eigenvalue weighted by Gasteiger charge is 2.25. The van der Waals surface area contributed by atoms with Gasteiger partial charge in [0.15, 0.2) is 0 Å². The van der Waals surface area contributed by atoms with Gasteiger partial charge in [0.2, 0.25) is 0 Å². The first-order valence-electron chi connectivity index (χ1n) is 6.07. The third-order valence-corrected chi connectivity index (χ3v) is 3.22. The molecule has 0 saturated heterocycles. The Kier molecular flexibility index (Phi) is 3.61. The topological polar surface area (TPSA) is 33.1 Å². The maximum atomic E-state index is 4.33. The molecule has 0 amide bonds. The Hall–Kier alpha value is -0.870. The van der Waals surface area contributed by atoms with Gasteiger partial charge in [0, 0.05) is 32.7 Å². The Morgan fingerprint density at radius 2 is 2.31 bits per heavy atom. The summed E-state index contributed by atoms with van der Waals surface area (Å²) in [6, 6.07) is 3.00. The number of nitrogens with one attached hydrogen (secondary N) is 1. The fourth-order valence-corrected chi connectivity index (χ4v) is 2.00. The van der Waals surface area contributed by atoms with E-state index in [1.54, 1.807) is 0 Å². The van der Waals surface area contributed by atoms with Gasteiger partial charge < -0.3 is 10.2 Å². The number of hydrogen-bond donors (Lipinski definition) is 1. The molecule has 1 heterocycles. The molecule has 1 aliphatic rings. The van der Waals surface area contributed by atoms with E-state index >= 15 is 0 Å². The smallest absolute Gasteiger partial charge is 0.0597 e. The van der Waals surface area contributed by atoms with Crippen LogP contribution in [0.3, 0.4) is 0 Å². The molecule has 0 spiro atoms. The number of nitrogens with zero attached hydrogens (tertiary/aromatic N) is 3. The fraction of sp³-hybridized carbons (Fsp3) is 0.750. The maximum Gasteiger partial charge on any atom is 0.0597 e. The number of likely N-dealkylation sites (N-methyl/N-ethyl adjacent to an activating group) is 1. The van der Waals surface area contributed by atoms with Gasteiger partial charge in [-0.05, 0) is 32.9 Å². The van der Waals surface area contributed by atoms with Crippen LogP contribution in [0.5, 0.6) is 0 Å². The van der Waals surface area contributed by atoms with E-state index in [0.717, 1.165) is 31.4 Å². The lowest BCUT2D eigenvalue weighted by molar-refractivity contribution is 0.321. The molecule has 1 aromatic rings. The molecule has 1 aliphatic carbocycles. The van der Waals surface area contributed by atoms with Gasteiger partial charge in [-0.3, -0.25) is 4.68 Å². The first-order valence-corrected chi connectivity index (χ1v) is 6.07. The zero-order valence-electron chi connectivity index (χ0n) is 10.5. The Labute approximate surface area is 97.6 Å². The molecule has 1 fully saturated rings. The molecule has 0 aromatic carbocycles. The van der Waals surface area contributed by atoms with Crippen LogP contribution in [0.1, 0.15) is 24.2 Å². The Balaban J connectivity index is 1.65. The van der Waals surface area contributed by atoms with Gasteiger partial charge in [-0.15, -0.1) is 0 Å². The van der Waals surface area contributed by atoms with E-state index < -0.39 is 0 Å². The van der Waals surface area contributed by atoms with Crippen LogP contribution in [0.25, 0.3) is 0 Å². The average Bonchev–Trinajstić information content (AvgIpc) is 3.01. The molecule has 1 saturated carbocycles. The summed E-state index contributed by atoms with van der Waals surface area (Å²) in [6.07, 6.45) is 2.77. The zero-order valence-corrected chi connectivity index (χ0v) is 10.5. The summed E-state index contributed by atoms with van der Waals surface area (Å²) in [5.74, 6) is 0. The summed E-state index contributed by atoms with van der Waals surface area (Å²) >= 11 is 0. The van der Waals surface area contributed by atoms with Crippen LogP contribution in [-0.4, -0.2) is 40.9 Å². The van der Waals surface area contributed by atoms with Crippen molar-refractivity contribution in [1.82, 2.24) is 20.0 Å².